The van der Waals surface area contributed by atoms with Crippen molar-refractivity contribution >= 4 is 24.4 Å². The van der Waals surface area contributed by atoms with E-state index >= 15 is 0 Å². The Morgan fingerprint density at radius 1 is 1.22 bits per heavy atom. The first kappa shape index (κ1) is 18.3. The molecule has 0 atom stereocenters. The predicted molar refractivity (Wildman–Crippen MR) is 99.2 cm³/mol. The number of H-pyrrole nitrogens is 1. The van der Waals surface area contributed by atoms with E-state index in [0.717, 1.165) is 4.68 Å². The first-order valence-corrected chi connectivity index (χ1v) is 8.15. The summed E-state index contributed by atoms with van der Waals surface area (Å²) in [4.78, 5) is 24.0. The van der Waals surface area contributed by atoms with Gasteiger partial charge < -0.3 is 4.74 Å². The monoisotopic (exact) mass is 384 g/mol. The van der Waals surface area contributed by atoms with Gasteiger partial charge in [-0.05, 0) is 73.2 Å². The van der Waals surface area contributed by atoms with E-state index in [2.05, 4.69) is 15.3 Å². The van der Waals surface area contributed by atoms with Crippen LogP contribution in [0.1, 0.15) is 21.6 Å². The number of nitrogens with one attached hydrogen (secondary N) is 1. The third-order valence-electron chi connectivity index (χ3n) is 3.51. The van der Waals surface area contributed by atoms with Crippen LogP contribution in [0.25, 0.3) is 0 Å². The molecule has 0 saturated heterocycles. The summed E-state index contributed by atoms with van der Waals surface area (Å²) in [7, 11) is 0. The number of carbonyl (C=O) groups is 1. The summed E-state index contributed by atoms with van der Waals surface area (Å²) in [6.45, 7) is 1.55. The van der Waals surface area contributed by atoms with Gasteiger partial charge in [0.2, 0.25) is 4.77 Å². The molecule has 0 radical (unpaired) electrons. The van der Waals surface area contributed by atoms with Crippen molar-refractivity contribution in [3.63, 3.8) is 0 Å². The highest BCUT2D eigenvalue weighted by atomic mass is 32.1. The van der Waals surface area contributed by atoms with Crippen molar-refractivity contribution < 1.29 is 13.9 Å². The lowest BCUT2D eigenvalue weighted by atomic mass is 10.2. The molecule has 1 N–H and O–H groups in total. The lowest BCUT2D eigenvalue weighted by molar-refractivity contribution is 0.0734. The SMILES string of the molecule is Cc1n[nH]c(=S)n(/N=C\c2ccc(OC(=O)c3ccc(F)cc3)cc2)c1=O. The quantitative estimate of drug-likeness (QED) is 0.323. The molecule has 1 aromatic heterocycles. The van der Waals surface area contributed by atoms with E-state index in [9.17, 15) is 14.0 Å². The molecule has 1 heterocycles. The Bertz CT molecular complexity index is 1120. The largest absolute Gasteiger partial charge is 0.423 e. The zero-order chi connectivity index (χ0) is 19.4. The molecule has 2 aromatic carbocycles. The van der Waals surface area contributed by atoms with E-state index < -0.39 is 17.3 Å². The summed E-state index contributed by atoms with van der Waals surface area (Å²) in [6.07, 6.45) is 1.44. The van der Waals surface area contributed by atoms with Gasteiger partial charge in [-0.3, -0.25) is 9.89 Å². The van der Waals surface area contributed by atoms with Crippen molar-refractivity contribution in [3.8, 4) is 5.75 Å². The average Bonchev–Trinajstić information content (AvgIpc) is 2.66. The molecule has 0 bridgehead atoms. The van der Waals surface area contributed by atoms with Crippen molar-refractivity contribution in [2.45, 2.75) is 6.92 Å². The van der Waals surface area contributed by atoms with E-state index in [0.29, 0.717) is 11.3 Å². The van der Waals surface area contributed by atoms with Crippen molar-refractivity contribution in [2.75, 3.05) is 0 Å². The first-order valence-electron chi connectivity index (χ1n) is 7.74. The van der Waals surface area contributed by atoms with Crippen LogP contribution in [0.4, 0.5) is 4.39 Å². The van der Waals surface area contributed by atoms with Crippen LogP contribution in [-0.2, 0) is 0 Å². The molecule has 9 heteroatoms. The fourth-order valence-corrected chi connectivity index (χ4v) is 2.25. The summed E-state index contributed by atoms with van der Waals surface area (Å²) in [6, 6.07) is 11.5. The van der Waals surface area contributed by atoms with E-state index in [4.69, 9.17) is 17.0 Å². The molecule has 0 fully saturated rings. The third-order valence-corrected chi connectivity index (χ3v) is 3.77. The second kappa shape index (κ2) is 7.83. The smallest absolute Gasteiger partial charge is 0.343 e. The van der Waals surface area contributed by atoms with Gasteiger partial charge in [0.1, 0.15) is 17.3 Å². The van der Waals surface area contributed by atoms with Crippen LogP contribution < -0.4 is 10.3 Å². The minimum atomic E-state index is -0.596. The van der Waals surface area contributed by atoms with Crippen LogP contribution in [0.2, 0.25) is 0 Å². The highest BCUT2D eigenvalue weighted by Gasteiger charge is 2.08. The molecule has 0 unspecified atom stereocenters. The number of benzene rings is 2. The molecule has 0 saturated carbocycles. The second-order valence-electron chi connectivity index (χ2n) is 5.44. The van der Waals surface area contributed by atoms with Crippen molar-refractivity contribution in [3.05, 3.63) is 86.3 Å². The molecule has 27 heavy (non-hydrogen) atoms. The van der Waals surface area contributed by atoms with Gasteiger partial charge in [-0.25, -0.2) is 9.18 Å². The van der Waals surface area contributed by atoms with Gasteiger partial charge in [0, 0.05) is 0 Å². The van der Waals surface area contributed by atoms with E-state index in [1.54, 1.807) is 31.2 Å². The number of aryl methyl sites for hydroxylation is 1. The zero-order valence-corrected chi connectivity index (χ0v) is 14.9. The Morgan fingerprint density at radius 2 is 1.89 bits per heavy atom. The molecule has 0 spiro atoms. The highest BCUT2D eigenvalue weighted by Crippen LogP contribution is 2.14. The summed E-state index contributed by atoms with van der Waals surface area (Å²) < 4.78 is 19.2. The van der Waals surface area contributed by atoms with E-state index in [1.165, 1.54) is 30.5 Å². The van der Waals surface area contributed by atoms with Crippen molar-refractivity contribution in [1.82, 2.24) is 14.9 Å². The van der Waals surface area contributed by atoms with Gasteiger partial charge in [-0.2, -0.15) is 14.9 Å². The Balaban J connectivity index is 1.73. The molecule has 0 aliphatic heterocycles. The average molecular weight is 384 g/mol. The topological polar surface area (TPSA) is 89.3 Å². The number of hydrogen-bond acceptors (Lipinski definition) is 6. The number of halogens is 1. The highest BCUT2D eigenvalue weighted by molar-refractivity contribution is 7.71. The van der Waals surface area contributed by atoms with Gasteiger partial charge in [0.05, 0.1) is 11.8 Å². The lowest BCUT2D eigenvalue weighted by Crippen LogP contribution is -2.22. The van der Waals surface area contributed by atoms with Gasteiger partial charge in [-0.15, -0.1) is 0 Å². The van der Waals surface area contributed by atoms with E-state index in [1.807, 2.05) is 0 Å². The Hall–Kier alpha value is -3.46. The number of aromatic nitrogens is 3. The molecular formula is C18H13FN4O3S. The van der Waals surface area contributed by atoms with Crippen molar-refractivity contribution in [2.24, 2.45) is 5.10 Å². The summed E-state index contributed by atoms with van der Waals surface area (Å²) in [5.74, 6) is -0.712. The molecule has 3 aromatic rings. The Morgan fingerprint density at radius 3 is 2.56 bits per heavy atom. The molecule has 3 rings (SSSR count). The van der Waals surface area contributed by atoms with Crippen LogP contribution in [0.15, 0.2) is 58.4 Å². The number of aromatic amines is 1. The predicted octanol–water partition coefficient (Wildman–Crippen LogP) is 2.85. The zero-order valence-electron chi connectivity index (χ0n) is 14.0. The fourth-order valence-electron chi connectivity index (χ4n) is 2.08. The van der Waals surface area contributed by atoms with Gasteiger partial charge in [-0.1, -0.05) is 0 Å². The molecule has 0 aliphatic carbocycles. The van der Waals surface area contributed by atoms with E-state index in [-0.39, 0.29) is 16.0 Å². The molecule has 7 nitrogen and oxygen atoms in total. The summed E-state index contributed by atoms with van der Waals surface area (Å²) in [5.41, 5.74) is 0.722. The standard InChI is InChI=1S/C18H13FN4O3S/c1-11-16(24)23(18(27)22-21-11)20-10-12-2-8-15(9-3-12)26-17(25)13-4-6-14(19)7-5-13/h2-10H,1H3,(H,22,27)/b20-10-. The minimum Gasteiger partial charge on any atom is -0.423 e. The number of ether oxygens (including phenoxy) is 1. The molecule has 0 amide bonds. The number of rotatable bonds is 4. The molecular weight excluding hydrogens is 371 g/mol. The van der Waals surface area contributed by atoms with Crippen LogP contribution in [0, 0.1) is 17.5 Å². The van der Waals surface area contributed by atoms with Crippen LogP contribution in [0.3, 0.4) is 0 Å². The van der Waals surface area contributed by atoms with Crippen LogP contribution in [0.5, 0.6) is 5.75 Å². The van der Waals surface area contributed by atoms with Crippen LogP contribution in [-0.4, -0.2) is 27.1 Å². The first-order chi connectivity index (χ1) is 12.9. The number of esters is 1. The summed E-state index contributed by atoms with van der Waals surface area (Å²) in [5, 5.41) is 10.3. The maximum absolute atomic E-state index is 12.9. The van der Waals surface area contributed by atoms with Gasteiger partial charge in [0.15, 0.2) is 0 Å². The maximum atomic E-state index is 12.9. The number of hydrogen-bond donors (Lipinski definition) is 1. The number of nitrogens with zero attached hydrogens (tertiary/aromatic N) is 3. The Kier molecular flexibility index (Phi) is 5.32. The summed E-state index contributed by atoms with van der Waals surface area (Å²) >= 11 is 4.99. The molecule has 136 valence electrons. The van der Waals surface area contributed by atoms with Crippen molar-refractivity contribution in [1.29, 1.82) is 0 Å². The second-order valence-corrected chi connectivity index (χ2v) is 5.83. The van der Waals surface area contributed by atoms with Gasteiger partial charge >= 0.3 is 5.97 Å². The van der Waals surface area contributed by atoms with Gasteiger partial charge in [0.25, 0.3) is 5.56 Å². The third kappa shape index (κ3) is 4.39. The Labute approximate surface area is 157 Å². The fraction of sp³-hybridized carbons (Fsp3) is 0.0556. The normalized spacial score (nSPS) is 10.9. The lowest BCUT2D eigenvalue weighted by Gasteiger charge is -2.04. The number of carbonyl (C=O) groups excluding carboxylic acids is 1. The molecule has 0 aliphatic rings. The minimum absolute atomic E-state index is 0.0756. The van der Waals surface area contributed by atoms with Crippen LogP contribution >= 0.6 is 12.2 Å². The maximum Gasteiger partial charge on any atom is 0.343 e.